The maximum atomic E-state index is 11.5. The van der Waals surface area contributed by atoms with Crippen molar-refractivity contribution in [2.24, 2.45) is 0 Å². The number of amides is 1. The van der Waals surface area contributed by atoms with E-state index in [0.29, 0.717) is 6.42 Å². The van der Waals surface area contributed by atoms with E-state index in [4.69, 9.17) is 9.84 Å². The van der Waals surface area contributed by atoms with Crippen LogP contribution in [0.15, 0.2) is 23.8 Å². The summed E-state index contributed by atoms with van der Waals surface area (Å²) in [7, 11) is 0. The van der Waals surface area contributed by atoms with Gasteiger partial charge in [-0.3, -0.25) is 0 Å². The molecule has 94 valence electrons. The van der Waals surface area contributed by atoms with Gasteiger partial charge in [0.15, 0.2) is 0 Å². The van der Waals surface area contributed by atoms with Gasteiger partial charge in [-0.05, 0) is 33.3 Å². The van der Waals surface area contributed by atoms with Crippen LogP contribution in [-0.2, 0) is 9.53 Å². The Morgan fingerprint density at radius 1 is 1.47 bits per heavy atom. The first-order valence-corrected chi connectivity index (χ1v) is 5.39. The molecule has 0 fully saturated rings. The van der Waals surface area contributed by atoms with E-state index < -0.39 is 17.7 Å². The second-order valence-corrected chi connectivity index (χ2v) is 4.82. The maximum Gasteiger partial charge on any atom is 0.408 e. The average Bonchev–Trinajstić information content (AvgIpc) is 2.14. The zero-order valence-electron chi connectivity index (χ0n) is 10.2. The molecule has 0 saturated heterocycles. The molecule has 5 nitrogen and oxygen atoms in total. The Kier molecular flexibility index (Phi) is 3.93. The number of carboxylic acid groups (broad SMARTS) is 1. The van der Waals surface area contributed by atoms with Gasteiger partial charge in [0, 0.05) is 0 Å². The molecule has 1 atom stereocenters. The molecule has 0 aromatic carbocycles. The summed E-state index contributed by atoms with van der Waals surface area (Å²) in [6, 6.07) is -0.332. The monoisotopic (exact) mass is 239 g/mol. The standard InChI is InChI=1S/C12H17NO4/c1-12(2,3)17-11(16)13-9-6-4-5-8(7-9)10(14)15/h4-5,7,9H,6H2,1-3H3,(H,13,16)(H,14,15). The fourth-order valence-electron chi connectivity index (χ4n) is 1.38. The molecule has 0 saturated carbocycles. The first kappa shape index (κ1) is 13.3. The minimum Gasteiger partial charge on any atom is -0.478 e. The molecule has 0 radical (unpaired) electrons. The number of alkyl carbamates (subject to hydrolysis) is 1. The average molecular weight is 239 g/mol. The van der Waals surface area contributed by atoms with Crippen LogP contribution in [0.1, 0.15) is 27.2 Å². The molecule has 0 heterocycles. The zero-order chi connectivity index (χ0) is 13.1. The number of rotatable bonds is 2. The van der Waals surface area contributed by atoms with Gasteiger partial charge in [0.1, 0.15) is 5.60 Å². The summed E-state index contributed by atoms with van der Waals surface area (Å²) < 4.78 is 5.09. The van der Waals surface area contributed by atoms with Crippen LogP contribution in [0.2, 0.25) is 0 Å². The number of carbonyl (C=O) groups is 2. The van der Waals surface area contributed by atoms with E-state index >= 15 is 0 Å². The van der Waals surface area contributed by atoms with Crippen molar-refractivity contribution in [3.8, 4) is 0 Å². The van der Waals surface area contributed by atoms with Crippen molar-refractivity contribution in [2.45, 2.75) is 38.8 Å². The normalized spacial score (nSPS) is 19.5. The topological polar surface area (TPSA) is 75.6 Å². The fourth-order valence-corrected chi connectivity index (χ4v) is 1.38. The molecular weight excluding hydrogens is 222 g/mol. The summed E-state index contributed by atoms with van der Waals surface area (Å²) in [6.07, 6.45) is 4.77. The van der Waals surface area contributed by atoms with Crippen LogP contribution in [0.25, 0.3) is 0 Å². The summed E-state index contributed by atoms with van der Waals surface area (Å²) in [5, 5.41) is 11.4. The van der Waals surface area contributed by atoms with Crippen LogP contribution in [0.3, 0.4) is 0 Å². The van der Waals surface area contributed by atoms with E-state index in [1.54, 1.807) is 26.8 Å². The summed E-state index contributed by atoms with van der Waals surface area (Å²) >= 11 is 0. The maximum absolute atomic E-state index is 11.5. The summed E-state index contributed by atoms with van der Waals surface area (Å²) in [4.78, 5) is 22.2. The van der Waals surface area contributed by atoms with Gasteiger partial charge in [0.2, 0.25) is 0 Å². The van der Waals surface area contributed by atoms with E-state index in [1.165, 1.54) is 12.2 Å². The molecule has 0 aromatic rings. The summed E-state index contributed by atoms with van der Waals surface area (Å²) in [5.41, 5.74) is -0.384. The minimum absolute atomic E-state index is 0.178. The lowest BCUT2D eigenvalue weighted by Crippen LogP contribution is -2.38. The third-order valence-electron chi connectivity index (χ3n) is 2.02. The van der Waals surface area contributed by atoms with Gasteiger partial charge in [0.05, 0.1) is 11.6 Å². The Balaban J connectivity index is 2.56. The van der Waals surface area contributed by atoms with E-state index in [-0.39, 0.29) is 11.6 Å². The molecule has 1 aliphatic carbocycles. The molecule has 1 aliphatic rings. The van der Waals surface area contributed by atoms with Gasteiger partial charge in [-0.15, -0.1) is 0 Å². The molecule has 1 unspecified atom stereocenters. The largest absolute Gasteiger partial charge is 0.478 e. The lowest BCUT2D eigenvalue weighted by atomic mass is 10.0. The Morgan fingerprint density at radius 2 is 2.12 bits per heavy atom. The number of aliphatic carboxylic acids is 1. The third-order valence-corrected chi connectivity index (χ3v) is 2.02. The van der Waals surface area contributed by atoms with Crippen LogP contribution in [-0.4, -0.2) is 28.8 Å². The molecular formula is C12H17NO4. The number of hydrogen-bond donors (Lipinski definition) is 2. The van der Waals surface area contributed by atoms with E-state index in [2.05, 4.69) is 5.32 Å². The highest BCUT2D eigenvalue weighted by molar-refractivity contribution is 5.90. The Labute approximate surface area is 100 Å². The van der Waals surface area contributed by atoms with E-state index in [1.807, 2.05) is 0 Å². The highest BCUT2D eigenvalue weighted by Crippen LogP contribution is 2.12. The number of carbonyl (C=O) groups excluding carboxylic acids is 1. The molecule has 0 aliphatic heterocycles. The Morgan fingerprint density at radius 3 is 2.65 bits per heavy atom. The van der Waals surface area contributed by atoms with Crippen LogP contribution < -0.4 is 5.32 Å². The number of ether oxygens (including phenoxy) is 1. The SMILES string of the molecule is CC(C)(C)OC(=O)NC1C=C(C(=O)O)C=CC1. The molecule has 2 N–H and O–H groups in total. The highest BCUT2D eigenvalue weighted by atomic mass is 16.6. The second kappa shape index (κ2) is 5.03. The van der Waals surface area contributed by atoms with Gasteiger partial charge < -0.3 is 15.2 Å². The second-order valence-electron chi connectivity index (χ2n) is 4.82. The van der Waals surface area contributed by atoms with Crippen LogP contribution in [0.4, 0.5) is 4.79 Å². The highest BCUT2D eigenvalue weighted by Gasteiger charge is 2.20. The van der Waals surface area contributed by atoms with Gasteiger partial charge in [-0.1, -0.05) is 12.2 Å². The van der Waals surface area contributed by atoms with Crippen molar-refractivity contribution in [1.82, 2.24) is 5.32 Å². The number of nitrogens with one attached hydrogen (secondary N) is 1. The predicted molar refractivity (Wildman–Crippen MR) is 62.6 cm³/mol. The quantitative estimate of drug-likeness (QED) is 0.771. The molecule has 1 amide bonds. The van der Waals surface area contributed by atoms with Gasteiger partial charge in [0.25, 0.3) is 0 Å². The fraction of sp³-hybridized carbons (Fsp3) is 0.500. The molecule has 5 heteroatoms. The lowest BCUT2D eigenvalue weighted by Gasteiger charge is -2.22. The third kappa shape index (κ3) is 4.72. The smallest absolute Gasteiger partial charge is 0.408 e. The molecule has 0 spiro atoms. The van der Waals surface area contributed by atoms with Crippen molar-refractivity contribution < 1.29 is 19.4 Å². The Hall–Kier alpha value is -1.78. The summed E-state index contributed by atoms with van der Waals surface area (Å²) in [6.45, 7) is 5.31. The molecule has 17 heavy (non-hydrogen) atoms. The first-order valence-electron chi connectivity index (χ1n) is 5.39. The number of carboxylic acids is 1. The van der Waals surface area contributed by atoms with Crippen LogP contribution in [0.5, 0.6) is 0 Å². The van der Waals surface area contributed by atoms with Crippen LogP contribution >= 0.6 is 0 Å². The molecule has 0 bridgehead atoms. The van der Waals surface area contributed by atoms with Gasteiger partial charge >= 0.3 is 12.1 Å². The minimum atomic E-state index is -1.00. The first-order chi connectivity index (χ1) is 7.78. The van der Waals surface area contributed by atoms with Crippen LogP contribution in [0, 0.1) is 0 Å². The van der Waals surface area contributed by atoms with E-state index in [0.717, 1.165) is 0 Å². The van der Waals surface area contributed by atoms with Crippen molar-refractivity contribution in [3.05, 3.63) is 23.8 Å². The lowest BCUT2D eigenvalue weighted by molar-refractivity contribution is -0.132. The molecule has 0 aromatic heterocycles. The van der Waals surface area contributed by atoms with E-state index in [9.17, 15) is 9.59 Å². The zero-order valence-corrected chi connectivity index (χ0v) is 10.2. The van der Waals surface area contributed by atoms with Crippen molar-refractivity contribution in [3.63, 3.8) is 0 Å². The number of hydrogen-bond acceptors (Lipinski definition) is 3. The summed E-state index contributed by atoms with van der Waals surface area (Å²) in [5.74, 6) is -1.00. The van der Waals surface area contributed by atoms with Gasteiger partial charge in [-0.25, -0.2) is 9.59 Å². The Bertz CT molecular complexity index is 376. The van der Waals surface area contributed by atoms with Crippen molar-refractivity contribution >= 4 is 12.1 Å². The molecule has 1 rings (SSSR count). The van der Waals surface area contributed by atoms with Crippen molar-refractivity contribution in [2.75, 3.05) is 0 Å². The predicted octanol–water partition coefficient (Wildman–Crippen LogP) is 1.85. The van der Waals surface area contributed by atoms with Crippen molar-refractivity contribution in [1.29, 1.82) is 0 Å². The van der Waals surface area contributed by atoms with Gasteiger partial charge in [-0.2, -0.15) is 0 Å².